The van der Waals surface area contributed by atoms with Crippen LogP contribution in [-0.2, 0) is 16.2 Å². The number of hydrogen-bond donors (Lipinski definition) is 2. The molecule has 0 spiro atoms. The highest BCUT2D eigenvalue weighted by atomic mass is 35.5. The van der Waals surface area contributed by atoms with Gasteiger partial charge < -0.3 is 0 Å². The van der Waals surface area contributed by atoms with E-state index in [-0.39, 0.29) is 22.2 Å². The van der Waals surface area contributed by atoms with Gasteiger partial charge in [0.05, 0.1) is 26.2 Å². The summed E-state index contributed by atoms with van der Waals surface area (Å²) in [5.41, 5.74) is -0.653. The van der Waals surface area contributed by atoms with Gasteiger partial charge in [-0.05, 0) is 31.2 Å². The van der Waals surface area contributed by atoms with Gasteiger partial charge >= 0.3 is 6.18 Å². The molecule has 0 radical (unpaired) electrons. The van der Waals surface area contributed by atoms with Crippen molar-refractivity contribution in [1.29, 1.82) is 0 Å². The zero-order valence-electron chi connectivity index (χ0n) is 16.4. The van der Waals surface area contributed by atoms with Crippen molar-refractivity contribution in [3.05, 3.63) is 64.2 Å². The second-order valence-corrected chi connectivity index (χ2v) is 9.24. The average molecular weight is 518 g/mol. The molecule has 4 rings (SSSR count). The maximum absolute atomic E-state index is 13.2. The first-order valence-corrected chi connectivity index (χ1v) is 11.2. The fourth-order valence-electron chi connectivity index (χ4n) is 2.93. The Labute approximate surface area is 194 Å². The van der Waals surface area contributed by atoms with E-state index in [1.807, 2.05) is 0 Å². The van der Waals surface area contributed by atoms with E-state index in [0.717, 1.165) is 17.7 Å². The topological polar surface area (TPSA) is 118 Å². The van der Waals surface area contributed by atoms with Crippen molar-refractivity contribution in [2.75, 3.05) is 4.72 Å². The van der Waals surface area contributed by atoms with E-state index in [4.69, 9.17) is 23.2 Å². The molecule has 3 heterocycles. The van der Waals surface area contributed by atoms with Gasteiger partial charge in [0.25, 0.3) is 10.0 Å². The predicted molar refractivity (Wildman–Crippen MR) is 114 cm³/mol. The Morgan fingerprint density at radius 1 is 1.18 bits per heavy atom. The van der Waals surface area contributed by atoms with Crippen molar-refractivity contribution < 1.29 is 21.6 Å². The third-order valence-corrected chi connectivity index (χ3v) is 6.34. The van der Waals surface area contributed by atoms with Crippen LogP contribution in [0, 0.1) is 6.92 Å². The fourth-order valence-corrected chi connectivity index (χ4v) is 4.39. The molecular formula is C18H12Cl2F3N7O2S. The number of hydrogen-bond acceptors (Lipinski definition) is 6. The normalized spacial score (nSPS) is 12.2. The third-order valence-electron chi connectivity index (χ3n) is 4.44. The average Bonchev–Trinajstić information content (AvgIpc) is 3.35. The molecule has 0 aliphatic rings. The van der Waals surface area contributed by atoms with Crippen LogP contribution in [0.2, 0.25) is 10.0 Å². The monoisotopic (exact) mass is 517 g/mol. The predicted octanol–water partition coefficient (Wildman–Crippen LogP) is 4.49. The number of nitrogens with zero attached hydrogens (tertiary/aromatic N) is 5. The molecule has 0 unspecified atom stereocenters. The van der Waals surface area contributed by atoms with E-state index in [1.54, 1.807) is 13.1 Å². The van der Waals surface area contributed by atoms with Gasteiger partial charge in [-0.25, -0.2) is 13.4 Å². The summed E-state index contributed by atoms with van der Waals surface area (Å²) in [6.07, 6.45) is -0.600. The van der Waals surface area contributed by atoms with Crippen LogP contribution in [-0.4, -0.2) is 38.4 Å². The minimum Gasteiger partial charge on any atom is -0.283 e. The van der Waals surface area contributed by atoms with Crippen molar-refractivity contribution in [2.45, 2.75) is 18.0 Å². The largest absolute Gasteiger partial charge is 0.417 e. The standard InChI is InChI=1S/C18H12Cl2F3N7O2S/c1-9-6-25-27-16(9)30-8-26-28-17(30)15-14(4-10(19)7-24-15)29-33(31,32)11-2-3-13(20)12(5-11)18(21,22)23/h2-8,29H,1H3,(H,25,27). The molecule has 15 heteroatoms. The Morgan fingerprint density at radius 2 is 1.94 bits per heavy atom. The summed E-state index contributed by atoms with van der Waals surface area (Å²) in [5.74, 6) is 0.555. The Kier molecular flexibility index (Phi) is 5.80. The van der Waals surface area contributed by atoms with E-state index in [2.05, 4.69) is 30.1 Å². The number of anilines is 1. The summed E-state index contributed by atoms with van der Waals surface area (Å²) >= 11 is 11.6. The van der Waals surface area contributed by atoms with Crippen molar-refractivity contribution in [3.63, 3.8) is 0 Å². The van der Waals surface area contributed by atoms with E-state index in [1.165, 1.54) is 23.2 Å². The maximum Gasteiger partial charge on any atom is 0.417 e. The first kappa shape index (κ1) is 23.0. The number of sulfonamides is 1. The quantitative estimate of drug-likeness (QED) is 0.402. The second-order valence-electron chi connectivity index (χ2n) is 6.71. The van der Waals surface area contributed by atoms with Crippen molar-refractivity contribution in [3.8, 4) is 17.3 Å². The number of aryl methyl sites for hydroxylation is 1. The van der Waals surface area contributed by atoms with Gasteiger partial charge in [0, 0.05) is 18.0 Å². The lowest BCUT2D eigenvalue weighted by Crippen LogP contribution is -2.16. The molecule has 0 atom stereocenters. The van der Waals surface area contributed by atoms with E-state index >= 15 is 0 Å². The number of alkyl halides is 3. The number of rotatable bonds is 5. The summed E-state index contributed by atoms with van der Waals surface area (Å²) in [6, 6.07) is 3.50. The smallest absolute Gasteiger partial charge is 0.283 e. The number of benzene rings is 1. The molecule has 0 aliphatic heterocycles. The molecule has 9 nitrogen and oxygen atoms in total. The number of aromatic amines is 1. The van der Waals surface area contributed by atoms with Crippen LogP contribution in [0.1, 0.15) is 11.1 Å². The van der Waals surface area contributed by atoms with Crippen LogP contribution < -0.4 is 4.72 Å². The summed E-state index contributed by atoms with van der Waals surface area (Å²) in [5, 5.41) is 14.1. The fraction of sp³-hybridized carbons (Fsp3) is 0.111. The van der Waals surface area contributed by atoms with E-state index in [9.17, 15) is 21.6 Å². The molecule has 3 aromatic heterocycles. The van der Waals surface area contributed by atoms with Gasteiger partial charge in [0.15, 0.2) is 11.6 Å². The SMILES string of the molecule is Cc1c[nH]nc1-n1cnnc1-c1ncc(Cl)cc1NS(=O)(=O)c1ccc(Cl)c(C(F)(F)F)c1. The number of nitrogens with one attached hydrogen (secondary N) is 2. The van der Waals surface area contributed by atoms with Gasteiger partial charge in [-0.15, -0.1) is 10.2 Å². The molecule has 33 heavy (non-hydrogen) atoms. The lowest BCUT2D eigenvalue weighted by molar-refractivity contribution is -0.137. The van der Waals surface area contributed by atoms with Crippen LogP contribution in [0.25, 0.3) is 17.3 Å². The lowest BCUT2D eigenvalue weighted by atomic mass is 10.2. The highest BCUT2D eigenvalue weighted by molar-refractivity contribution is 7.92. The first-order chi connectivity index (χ1) is 15.5. The van der Waals surface area contributed by atoms with Gasteiger partial charge in [-0.3, -0.25) is 14.4 Å². The molecule has 172 valence electrons. The highest BCUT2D eigenvalue weighted by Gasteiger charge is 2.34. The number of halogens is 5. The zero-order chi connectivity index (χ0) is 24.0. The number of pyridine rings is 1. The highest BCUT2D eigenvalue weighted by Crippen LogP contribution is 2.37. The van der Waals surface area contributed by atoms with Gasteiger partial charge in [0.2, 0.25) is 0 Å². The molecule has 0 aliphatic carbocycles. The molecule has 1 aromatic carbocycles. The van der Waals surface area contributed by atoms with Gasteiger partial charge in [-0.1, -0.05) is 23.2 Å². The molecule has 0 saturated heterocycles. The Morgan fingerprint density at radius 3 is 2.61 bits per heavy atom. The minimum atomic E-state index is -4.84. The third kappa shape index (κ3) is 4.51. The Hall–Kier alpha value is -3.16. The minimum absolute atomic E-state index is 0.0212. The van der Waals surface area contributed by atoms with Crippen LogP contribution in [0.4, 0.5) is 18.9 Å². The van der Waals surface area contributed by atoms with E-state index in [0.29, 0.717) is 11.9 Å². The summed E-state index contributed by atoms with van der Waals surface area (Å²) in [6.45, 7) is 1.78. The zero-order valence-corrected chi connectivity index (χ0v) is 18.7. The molecule has 2 N–H and O–H groups in total. The Bertz CT molecular complexity index is 1450. The van der Waals surface area contributed by atoms with Crippen molar-refractivity contribution in [1.82, 2.24) is 29.9 Å². The number of aromatic nitrogens is 6. The summed E-state index contributed by atoms with van der Waals surface area (Å²) < 4.78 is 69.2. The van der Waals surface area contributed by atoms with Gasteiger partial charge in [-0.2, -0.15) is 18.3 Å². The maximum atomic E-state index is 13.2. The van der Waals surface area contributed by atoms with Gasteiger partial charge in [0.1, 0.15) is 12.0 Å². The second kappa shape index (κ2) is 8.32. The van der Waals surface area contributed by atoms with Crippen molar-refractivity contribution in [2.24, 2.45) is 0 Å². The molecule has 0 saturated carbocycles. The van der Waals surface area contributed by atoms with Crippen LogP contribution in [0.15, 0.2) is 47.9 Å². The van der Waals surface area contributed by atoms with Crippen LogP contribution in [0.3, 0.4) is 0 Å². The lowest BCUT2D eigenvalue weighted by Gasteiger charge is -2.14. The molecular weight excluding hydrogens is 506 g/mol. The number of H-pyrrole nitrogens is 1. The molecule has 0 bridgehead atoms. The molecule has 0 fully saturated rings. The first-order valence-electron chi connectivity index (χ1n) is 8.93. The molecule has 4 aromatic rings. The summed E-state index contributed by atoms with van der Waals surface area (Å²) in [7, 11) is -4.50. The van der Waals surface area contributed by atoms with Crippen LogP contribution in [0.5, 0.6) is 0 Å². The van der Waals surface area contributed by atoms with Crippen LogP contribution >= 0.6 is 23.2 Å². The van der Waals surface area contributed by atoms with E-state index < -0.39 is 31.7 Å². The molecule has 0 amide bonds. The summed E-state index contributed by atoms with van der Waals surface area (Å²) in [4.78, 5) is 3.49. The Balaban J connectivity index is 1.80. The van der Waals surface area contributed by atoms with Crippen molar-refractivity contribution >= 4 is 38.9 Å².